The molecule has 0 unspecified atom stereocenters. The maximum atomic E-state index is 12.2. The van der Waals surface area contributed by atoms with Crippen molar-refractivity contribution in [3.8, 4) is 12.3 Å². The van der Waals surface area contributed by atoms with Gasteiger partial charge in [-0.3, -0.25) is 4.79 Å². The van der Waals surface area contributed by atoms with E-state index in [1.54, 1.807) is 0 Å². The third-order valence-electron chi connectivity index (χ3n) is 4.26. The number of carbonyl (C=O) groups excluding carboxylic acids is 1. The summed E-state index contributed by atoms with van der Waals surface area (Å²) < 4.78 is 0. The lowest BCUT2D eigenvalue weighted by Gasteiger charge is -2.18. The summed E-state index contributed by atoms with van der Waals surface area (Å²) >= 11 is 0. The number of terminal acetylenes is 1. The summed E-state index contributed by atoms with van der Waals surface area (Å²) in [6.07, 6.45) is 9.80. The van der Waals surface area contributed by atoms with E-state index in [0.717, 1.165) is 19.3 Å². The second-order valence-corrected chi connectivity index (χ2v) is 5.88. The van der Waals surface area contributed by atoms with E-state index in [0.29, 0.717) is 19.3 Å². The van der Waals surface area contributed by atoms with E-state index < -0.39 is 0 Å². The van der Waals surface area contributed by atoms with Gasteiger partial charge in [-0.1, -0.05) is 30.3 Å². The molecule has 1 saturated carbocycles. The topological polar surface area (TPSA) is 53.8 Å². The lowest BCUT2D eigenvalue weighted by Crippen LogP contribution is -2.35. The van der Waals surface area contributed by atoms with Gasteiger partial charge in [-0.05, 0) is 18.4 Å². The molecule has 0 radical (unpaired) electrons. The van der Waals surface area contributed by atoms with Crippen LogP contribution < -0.4 is 5.32 Å². The standard InChI is InChI=1S/C17H19N3O/c1-2-3-10-17(19-20-17)11-9-15(21)18-16(12-13-16)14-7-5-4-6-8-14/h1,4-8H,3,9-13H2,(H,18,21). The normalized spacial score (nSPS) is 19.6. The zero-order valence-electron chi connectivity index (χ0n) is 12.0. The Kier molecular flexibility index (Phi) is 3.50. The first-order valence-electron chi connectivity index (χ1n) is 7.42. The average molecular weight is 281 g/mol. The lowest BCUT2D eigenvalue weighted by molar-refractivity contribution is -0.122. The van der Waals surface area contributed by atoms with E-state index in [9.17, 15) is 4.79 Å². The maximum absolute atomic E-state index is 12.2. The van der Waals surface area contributed by atoms with Gasteiger partial charge in [-0.2, -0.15) is 10.2 Å². The molecule has 1 amide bonds. The number of hydrogen-bond donors (Lipinski definition) is 1. The number of rotatable bonds is 7. The van der Waals surface area contributed by atoms with E-state index in [-0.39, 0.29) is 17.1 Å². The molecule has 0 saturated heterocycles. The zero-order valence-corrected chi connectivity index (χ0v) is 12.0. The first-order chi connectivity index (χ1) is 10.2. The lowest BCUT2D eigenvalue weighted by atomic mass is 10.0. The fraction of sp³-hybridized carbons (Fsp3) is 0.471. The fourth-order valence-corrected chi connectivity index (χ4v) is 2.68. The zero-order chi connectivity index (χ0) is 14.8. The van der Waals surface area contributed by atoms with Gasteiger partial charge in [0.25, 0.3) is 0 Å². The highest BCUT2D eigenvalue weighted by Gasteiger charge is 2.46. The maximum Gasteiger partial charge on any atom is 0.220 e. The molecule has 4 heteroatoms. The van der Waals surface area contributed by atoms with Gasteiger partial charge in [0, 0.05) is 25.7 Å². The molecule has 1 heterocycles. The molecular weight excluding hydrogens is 262 g/mol. The molecule has 0 bridgehead atoms. The summed E-state index contributed by atoms with van der Waals surface area (Å²) in [7, 11) is 0. The van der Waals surface area contributed by atoms with Crippen molar-refractivity contribution in [2.75, 3.05) is 0 Å². The summed E-state index contributed by atoms with van der Waals surface area (Å²) in [6.45, 7) is 0. The Morgan fingerprint density at radius 1 is 1.24 bits per heavy atom. The predicted molar refractivity (Wildman–Crippen MR) is 80.4 cm³/mol. The van der Waals surface area contributed by atoms with Crippen LogP contribution in [0.5, 0.6) is 0 Å². The van der Waals surface area contributed by atoms with Gasteiger partial charge >= 0.3 is 0 Å². The first-order valence-corrected chi connectivity index (χ1v) is 7.42. The molecule has 0 spiro atoms. The number of nitrogens with one attached hydrogen (secondary N) is 1. The summed E-state index contributed by atoms with van der Waals surface area (Å²) in [5.41, 5.74) is 0.691. The Morgan fingerprint density at radius 3 is 2.52 bits per heavy atom. The first kappa shape index (κ1) is 13.8. The average Bonchev–Trinajstić information content (AvgIpc) is 3.42. The summed E-state index contributed by atoms with van der Waals surface area (Å²) in [4.78, 5) is 12.2. The van der Waals surface area contributed by atoms with E-state index in [1.807, 2.05) is 18.2 Å². The highest BCUT2D eigenvalue weighted by molar-refractivity contribution is 5.77. The van der Waals surface area contributed by atoms with E-state index in [4.69, 9.17) is 6.42 Å². The highest BCUT2D eigenvalue weighted by Crippen LogP contribution is 2.45. The van der Waals surface area contributed by atoms with E-state index in [1.165, 1.54) is 5.56 Å². The minimum Gasteiger partial charge on any atom is -0.347 e. The molecular formula is C17H19N3O. The van der Waals surface area contributed by atoms with Crippen molar-refractivity contribution in [3.05, 3.63) is 35.9 Å². The van der Waals surface area contributed by atoms with Crippen LogP contribution in [0.4, 0.5) is 0 Å². The van der Waals surface area contributed by atoms with Crippen LogP contribution in [0.2, 0.25) is 0 Å². The van der Waals surface area contributed by atoms with Crippen LogP contribution in [0.3, 0.4) is 0 Å². The molecule has 1 aromatic carbocycles. The second kappa shape index (κ2) is 5.33. The summed E-state index contributed by atoms with van der Waals surface area (Å²) in [5, 5.41) is 11.3. The molecule has 1 fully saturated rings. The van der Waals surface area contributed by atoms with Gasteiger partial charge in [0.2, 0.25) is 5.91 Å². The summed E-state index contributed by atoms with van der Waals surface area (Å²) in [5.74, 6) is 2.68. The largest absolute Gasteiger partial charge is 0.347 e. The molecule has 2 aliphatic rings. The van der Waals surface area contributed by atoms with Crippen LogP contribution in [-0.4, -0.2) is 11.6 Å². The van der Waals surface area contributed by atoms with Crippen molar-refractivity contribution in [1.82, 2.24) is 5.32 Å². The minimum atomic E-state index is -0.368. The minimum absolute atomic E-state index is 0.0775. The highest BCUT2D eigenvalue weighted by atomic mass is 16.1. The Labute approximate surface area is 125 Å². The van der Waals surface area contributed by atoms with Crippen molar-refractivity contribution in [2.24, 2.45) is 10.2 Å². The molecule has 1 N–H and O–H groups in total. The van der Waals surface area contributed by atoms with Crippen LogP contribution >= 0.6 is 0 Å². The third-order valence-corrected chi connectivity index (χ3v) is 4.26. The number of nitrogens with zero attached hydrogens (tertiary/aromatic N) is 2. The van der Waals surface area contributed by atoms with Crippen LogP contribution in [0.1, 0.15) is 44.1 Å². The molecule has 1 aromatic rings. The van der Waals surface area contributed by atoms with Gasteiger partial charge < -0.3 is 5.32 Å². The van der Waals surface area contributed by atoms with Gasteiger partial charge in [0.05, 0.1) is 5.54 Å². The van der Waals surface area contributed by atoms with Crippen molar-refractivity contribution in [1.29, 1.82) is 0 Å². The van der Waals surface area contributed by atoms with Crippen molar-refractivity contribution >= 4 is 5.91 Å². The quantitative estimate of drug-likeness (QED) is 0.767. The van der Waals surface area contributed by atoms with E-state index in [2.05, 4.69) is 33.6 Å². The molecule has 1 aliphatic carbocycles. The molecule has 0 atom stereocenters. The summed E-state index contributed by atoms with van der Waals surface area (Å²) in [6, 6.07) is 10.2. The van der Waals surface area contributed by atoms with Crippen molar-refractivity contribution < 1.29 is 4.79 Å². The molecule has 4 nitrogen and oxygen atoms in total. The van der Waals surface area contributed by atoms with Gasteiger partial charge in [-0.25, -0.2) is 0 Å². The van der Waals surface area contributed by atoms with Crippen molar-refractivity contribution in [3.63, 3.8) is 0 Å². The number of benzene rings is 1. The number of hydrogen-bond acceptors (Lipinski definition) is 3. The molecule has 3 rings (SSSR count). The van der Waals surface area contributed by atoms with Crippen molar-refractivity contribution in [2.45, 2.75) is 49.7 Å². The Morgan fingerprint density at radius 2 is 1.95 bits per heavy atom. The Bertz CT molecular complexity index is 590. The predicted octanol–water partition coefficient (Wildman–Crippen LogP) is 3.15. The number of amides is 1. The van der Waals surface area contributed by atoms with Crippen LogP contribution in [-0.2, 0) is 10.3 Å². The molecule has 21 heavy (non-hydrogen) atoms. The smallest absolute Gasteiger partial charge is 0.220 e. The van der Waals surface area contributed by atoms with Crippen LogP contribution in [0.15, 0.2) is 40.6 Å². The van der Waals surface area contributed by atoms with Gasteiger partial charge in [0.1, 0.15) is 0 Å². The third kappa shape index (κ3) is 3.13. The monoisotopic (exact) mass is 281 g/mol. The molecule has 0 aromatic heterocycles. The van der Waals surface area contributed by atoms with Crippen LogP contribution in [0, 0.1) is 12.3 Å². The van der Waals surface area contributed by atoms with Gasteiger partial charge in [-0.15, -0.1) is 12.3 Å². The second-order valence-electron chi connectivity index (χ2n) is 5.88. The Hall–Kier alpha value is -2.15. The van der Waals surface area contributed by atoms with E-state index >= 15 is 0 Å². The molecule has 1 aliphatic heterocycles. The fourth-order valence-electron chi connectivity index (χ4n) is 2.68. The number of carbonyl (C=O) groups is 1. The Balaban J connectivity index is 1.50. The SMILES string of the molecule is C#CCCC1(CCC(=O)NC2(c3ccccc3)CC2)N=N1. The van der Waals surface area contributed by atoms with Gasteiger partial charge in [0.15, 0.2) is 5.66 Å². The van der Waals surface area contributed by atoms with Crippen LogP contribution in [0.25, 0.3) is 0 Å². The molecule has 108 valence electrons.